The van der Waals surface area contributed by atoms with Gasteiger partial charge in [0.1, 0.15) is 0 Å². The van der Waals surface area contributed by atoms with Gasteiger partial charge in [-0.1, -0.05) is 77.8 Å². The van der Waals surface area contributed by atoms with Crippen molar-refractivity contribution in [1.82, 2.24) is 0 Å². The molecule has 6 heteroatoms. The molecule has 3 aromatic rings. The van der Waals surface area contributed by atoms with Crippen LogP contribution in [0.5, 0.6) is 0 Å². The Morgan fingerprint density at radius 1 is 0.769 bits per heavy atom. The summed E-state index contributed by atoms with van der Waals surface area (Å²) in [5.41, 5.74) is 6.70. The van der Waals surface area contributed by atoms with Crippen LogP contribution in [-0.2, 0) is 4.79 Å². The number of nitrogens with zero attached hydrogens (tertiary/aromatic N) is 1. The number of carboxylic acid groups (broad SMARTS) is 1. The predicted octanol–water partition coefficient (Wildman–Crippen LogP) is 5.73. The first-order valence-electron chi connectivity index (χ1n) is 7.81. The number of rotatable bonds is 5. The molecule has 26 heavy (non-hydrogen) atoms. The fourth-order valence-electron chi connectivity index (χ4n) is 2.07. The molecule has 0 spiro atoms. The van der Waals surface area contributed by atoms with Crippen molar-refractivity contribution < 1.29 is 9.90 Å². The van der Waals surface area contributed by atoms with Crippen LogP contribution in [0.4, 0.5) is 17.1 Å². The molecule has 0 atom stereocenters. The van der Waals surface area contributed by atoms with Crippen LogP contribution in [0.2, 0.25) is 0 Å². The fraction of sp³-hybridized carbons (Fsp3) is 0.0500. The predicted molar refractivity (Wildman–Crippen MR) is 108 cm³/mol. The summed E-state index contributed by atoms with van der Waals surface area (Å²) >= 11 is 9.56. The number of anilines is 3. The smallest absolute Gasteiger partial charge is 0.337 e. The molecular weight excluding hydrogens is 371 g/mol. The van der Waals surface area contributed by atoms with Crippen molar-refractivity contribution in [2.24, 2.45) is 0 Å². The molecule has 3 rings (SSSR count). The number of carbonyl (C=O) groups is 1. The van der Waals surface area contributed by atoms with E-state index in [4.69, 9.17) is 28.3 Å². The van der Waals surface area contributed by atoms with Crippen LogP contribution in [0.15, 0.2) is 91.0 Å². The molecule has 0 saturated carbocycles. The lowest BCUT2D eigenvalue weighted by Crippen LogP contribution is -2.24. The zero-order valence-electron chi connectivity index (χ0n) is 13.8. The van der Waals surface area contributed by atoms with Crippen molar-refractivity contribution in [1.29, 1.82) is 0 Å². The molecule has 0 aliphatic carbocycles. The Balaban J connectivity index is 0.000000352. The number of hydrazine groups is 1. The largest absolute Gasteiger partial charge is 0.479 e. The molecule has 2 N–H and O–H groups in total. The minimum absolute atomic E-state index is 1.06. The van der Waals surface area contributed by atoms with Crippen LogP contribution in [-0.4, -0.2) is 15.9 Å². The van der Waals surface area contributed by atoms with Gasteiger partial charge in [0.05, 0.1) is 17.1 Å². The Hall–Kier alpha value is -2.69. The lowest BCUT2D eigenvalue weighted by molar-refractivity contribution is -0.135. The second-order valence-corrected chi connectivity index (χ2v) is 6.22. The number of nitrogens with one attached hydrogen (secondary N) is 1. The number of para-hydroxylation sites is 3. The third-order valence-corrected chi connectivity index (χ3v) is 3.60. The number of benzene rings is 3. The summed E-state index contributed by atoms with van der Waals surface area (Å²) < 4.78 is 0. The van der Waals surface area contributed by atoms with Gasteiger partial charge in [-0.2, -0.15) is 0 Å². The van der Waals surface area contributed by atoms with E-state index in [0.717, 1.165) is 17.1 Å². The van der Waals surface area contributed by atoms with Crippen LogP contribution in [0.3, 0.4) is 0 Å². The minimum Gasteiger partial charge on any atom is -0.479 e. The molecule has 0 bridgehead atoms. The molecule has 0 aromatic heterocycles. The minimum atomic E-state index is -1.29. The van der Waals surface area contributed by atoms with E-state index >= 15 is 0 Å². The van der Waals surface area contributed by atoms with Crippen molar-refractivity contribution >= 4 is 46.2 Å². The molecule has 0 unspecified atom stereocenters. The summed E-state index contributed by atoms with van der Waals surface area (Å²) in [7, 11) is 0. The van der Waals surface area contributed by atoms with E-state index < -0.39 is 10.8 Å². The summed E-state index contributed by atoms with van der Waals surface area (Å²) in [4.78, 5) is 8.15. The summed E-state index contributed by atoms with van der Waals surface area (Å²) in [6, 6.07) is 30.7. The highest BCUT2D eigenvalue weighted by molar-refractivity contribution is 6.52. The van der Waals surface area contributed by atoms with E-state index in [1.165, 1.54) is 0 Å². The molecule has 0 aliphatic rings. The average Bonchev–Trinajstić information content (AvgIpc) is 2.69. The second-order valence-electron chi connectivity index (χ2n) is 5.12. The maximum atomic E-state index is 9.44. The zero-order chi connectivity index (χ0) is 18.8. The van der Waals surface area contributed by atoms with Crippen molar-refractivity contribution in [2.75, 3.05) is 10.4 Å². The Labute approximate surface area is 162 Å². The van der Waals surface area contributed by atoms with Crippen molar-refractivity contribution in [3.05, 3.63) is 91.0 Å². The van der Waals surface area contributed by atoms with Gasteiger partial charge in [0.25, 0.3) is 0 Å². The Bertz CT molecular complexity index is 745. The molecular formula is C20H18Cl2N2O2. The highest BCUT2D eigenvalue weighted by atomic mass is 35.5. The summed E-state index contributed by atoms with van der Waals surface area (Å²) in [5, 5.41) is 9.81. The normalized spacial score (nSPS) is 9.81. The molecule has 0 amide bonds. The monoisotopic (exact) mass is 388 g/mol. The Morgan fingerprint density at radius 2 is 1.12 bits per heavy atom. The number of halogens is 2. The number of aliphatic carboxylic acids is 1. The van der Waals surface area contributed by atoms with Gasteiger partial charge < -0.3 is 5.11 Å². The van der Waals surface area contributed by atoms with E-state index in [9.17, 15) is 4.79 Å². The molecule has 134 valence electrons. The van der Waals surface area contributed by atoms with Gasteiger partial charge >= 0.3 is 5.97 Å². The van der Waals surface area contributed by atoms with Gasteiger partial charge in [-0.25, -0.2) is 4.79 Å². The first-order valence-corrected chi connectivity index (χ1v) is 8.68. The summed E-state index contributed by atoms with van der Waals surface area (Å²) in [5.74, 6) is -1.21. The third kappa shape index (κ3) is 6.31. The lowest BCUT2D eigenvalue weighted by Gasteiger charge is -2.26. The molecule has 3 aromatic carbocycles. The molecule has 0 heterocycles. The van der Waals surface area contributed by atoms with E-state index in [0.29, 0.717) is 0 Å². The van der Waals surface area contributed by atoms with Gasteiger partial charge in [0, 0.05) is 0 Å². The lowest BCUT2D eigenvalue weighted by atomic mass is 10.2. The SMILES string of the molecule is O=C(O)C(Cl)Cl.c1ccc(NN(c2ccccc2)c2ccccc2)cc1. The molecule has 0 fully saturated rings. The number of hydrogen-bond donors (Lipinski definition) is 2. The van der Waals surface area contributed by atoms with Gasteiger partial charge in [-0.3, -0.25) is 10.4 Å². The molecule has 0 aliphatic heterocycles. The van der Waals surface area contributed by atoms with Crippen LogP contribution in [0, 0.1) is 0 Å². The maximum Gasteiger partial charge on any atom is 0.337 e. The van der Waals surface area contributed by atoms with Gasteiger partial charge in [0.2, 0.25) is 4.84 Å². The van der Waals surface area contributed by atoms with E-state index in [-0.39, 0.29) is 0 Å². The topological polar surface area (TPSA) is 52.6 Å². The zero-order valence-corrected chi connectivity index (χ0v) is 15.3. The highest BCUT2D eigenvalue weighted by Gasteiger charge is 2.08. The van der Waals surface area contributed by atoms with E-state index in [2.05, 4.69) is 46.8 Å². The van der Waals surface area contributed by atoms with Gasteiger partial charge in [0.15, 0.2) is 0 Å². The van der Waals surface area contributed by atoms with E-state index in [1.54, 1.807) is 0 Å². The van der Waals surface area contributed by atoms with Crippen molar-refractivity contribution in [3.63, 3.8) is 0 Å². The second kappa shape index (κ2) is 10.3. The third-order valence-electron chi connectivity index (χ3n) is 3.23. The highest BCUT2D eigenvalue weighted by Crippen LogP contribution is 2.25. The fourth-order valence-corrected chi connectivity index (χ4v) is 2.07. The van der Waals surface area contributed by atoms with Crippen molar-refractivity contribution in [3.8, 4) is 0 Å². The Kier molecular flexibility index (Phi) is 7.80. The first kappa shape index (κ1) is 19.6. The van der Waals surface area contributed by atoms with Crippen LogP contribution < -0.4 is 10.4 Å². The van der Waals surface area contributed by atoms with E-state index in [1.807, 2.05) is 54.6 Å². The number of hydrogen-bond acceptors (Lipinski definition) is 3. The Morgan fingerprint density at radius 3 is 1.46 bits per heavy atom. The number of carboxylic acids is 1. The molecule has 0 saturated heterocycles. The standard InChI is InChI=1S/C18H16N2.C2H2Cl2O2/c1-4-10-16(11-5-1)19-20(17-12-6-2-7-13-17)18-14-8-3-9-15-18;3-1(4)2(5)6/h1-15,19H;1H,(H,5,6). The maximum absolute atomic E-state index is 9.44. The van der Waals surface area contributed by atoms with Crippen LogP contribution in [0.25, 0.3) is 0 Å². The van der Waals surface area contributed by atoms with Crippen LogP contribution >= 0.6 is 23.2 Å². The van der Waals surface area contributed by atoms with Gasteiger partial charge in [-0.15, -0.1) is 0 Å². The molecule has 4 nitrogen and oxygen atoms in total. The summed E-state index contributed by atoms with van der Waals surface area (Å²) in [6.45, 7) is 0. The van der Waals surface area contributed by atoms with Crippen LogP contribution in [0.1, 0.15) is 0 Å². The first-order chi connectivity index (χ1) is 12.6. The van der Waals surface area contributed by atoms with Crippen molar-refractivity contribution in [2.45, 2.75) is 4.84 Å². The number of alkyl halides is 2. The quantitative estimate of drug-likeness (QED) is 0.433. The van der Waals surface area contributed by atoms with Gasteiger partial charge in [-0.05, 0) is 36.4 Å². The molecule has 0 radical (unpaired) electrons. The average molecular weight is 389 g/mol. The summed E-state index contributed by atoms with van der Waals surface area (Å²) in [6.07, 6.45) is 0.